The Morgan fingerprint density at radius 2 is 2.35 bits per heavy atom. The zero-order chi connectivity index (χ0) is 14.4. The van der Waals surface area contributed by atoms with Crippen molar-refractivity contribution in [3.63, 3.8) is 0 Å². The molecular formula is C16H30N4. The quantitative estimate of drug-likeness (QED) is 0.832. The lowest BCUT2D eigenvalue weighted by Crippen LogP contribution is -2.38. The average Bonchev–Trinajstić information content (AvgIpc) is 2.88. The number of nitrogens with zero attached hydrogens (tertiary/aromatic N) is 3. The van der Waals surface area contributed by atoms with Crippen molar-refractivity contribution in [1.29, 1.82) is 0 Å². The summed E-state index contributed by atoms with van der Waals surface area (Å²) in [5.41, 5.74) is 1.34. The van der Waals surface area contributed by atoms with E-state index in [4.69, 9.17) is 0 Å². The van der Waals surface area contributed by atoms with Crippen molar-refractivity contribution < 1.29 is 0 Å². The molecule has 1 fully saturated rings. The Bertz CT molecular complexity index is 380. The highest BCUT2D eigenvalue weighted by molar-refractivity contribution is 5.00. The maximum Gasteiger partial charge on any atom is 0.0951 e. The van der Waals surface area contributed by atoms with E-state index < -0.39 is 0 Å². The largest absolute Gasteiger partial charge is 0.331 e. The van der Waals surface area contributed by atoms with E-state index in [1.54, 1.807) is 0 Å². The zero-order valence-electron chi connectivity index (χ0n) is 13.3. The first-order chi connectivity index (χ1) is 9.70. The molecule has 1 aliphatic rings. The van der Waals surface area contributed by atoms with Crippen LogP contribution in [-0.2, 0) is 6.54 Å². The second-order valence-electron chi connectivity index (χ2n) is 6.33. The minimum absolute atomic E-state index is 0.493. The molecule has 4 nitrogen and oxygen atoms in total. The fourth-order valence-electron chi connectivity index (χ4n) is 3.14. The highest BCUT2D eigenvalue weighted by atomic mass is 15.2. The topological polar surface area (TPSA) is 33.1 Å². The normalized spacial score (nSPS) is 19.9. The van der Waals surface area contributed by atoms with Gasteiger partial charge < -0.3 is 9.88 Å². The van der Waals surface area contributed by atoms with Gasteiger partial charge in [-0.25, -0.2) is 4.98 Å². The van der Waals surface area contributed by atoms with Gasteiger partial charge in [-0.1, -0.05) is 6.92 Å². The molecule has 2 rings (SSSR count). The Morgan fingerprint density at radius 3 is 3.00 bits per heavy atom. The smallest absolute Gasteiger partial charge is 0.0951 e. The van der Waals surface area contributed by atoms with E-state index in [-0.39, 0.29) is 0 Å². The molecule has 114 valence electrons. The lowest BCUT2D eigenvalue weighted by Gasteiger charge is -2.30. The molecule has 1 aliphatic heterocycles. The van der Waals surface area contributed by atoms with Crippen molar-refractivity contribution in [3.8, 4) is 0 Å². The predicted octanol–water partition coefficient (Wildman–Crippen LogP) is 2.68. The van der Waals surface area contributed by atoms with Crippen LogP contribution in [0.15, 0.2) is 12.5 Å². The number of nitrogens with one attached hydrogen (secondary N) is 1. The molecule has 20 heavy (non-hydrogen) atoms. The lowest BCUT2D eigenvalue weighted by molar-refractivity contribution is 0.197. The molecule has 0 saturated carbocycles. The molecule has 0 amide bonds. The van der Waals surface area contributed by atoms with Gasteiger partial charge in [-0.2, -0.15) is 0 Å². The maximum atomic E-state index is 4.33. The van der Waals surface area contributed by atoms with Gasteiger partial charge in [-0.15, -0.1) is 0 Å². The van der Waals surface area contributed by atoms with Crippen LogP contribution < -0.4 is 5.32 Å². The third-order valence-electron chi connectivity index (χ3n) is 4.14. The van der Waals surface area contributed by atoms with Crippen molar-refractivity contribution >= 4 is 0 Å². The molecule has 0 aliphatic carbocycles. The third kappa shape index (κ3) is 4.32. The van der Waals surface area contributed by atoms with Crippen molar-refractivity contribution in [2.75, 3.05) is 26.2 Å². The van der Waals surface area contributed by atoms with Crippen LogP contribution in [0, 0.1) is 5.92 Å². The third-order valence-corrected chi connectivity index (χ3v) is 4.14. The van der Waals surface area contributed by atoms with E-state index in [0.717, 1.165) is 12.5 Å². The van der Waals surface area contributed by atoms with Crippen LogP contribution in [0.3, 0.4) is 0 Å². The summed E-state index contributed by atoms with van der Waals surface area (Å²) >= 11 is 0. The van der Waals surface area contributed by atoms with Gasteiger partial charge in [0.2, 0.25) is 0 Å². The van der Waals surface area contributed by atoms with Gasteiger partial charge >= 0.3 is 0 Å². The van der Waals surface area contributed by atoms with Crippen LogP contribution in [-0.4, -0.2) is 40.6 Å². The SMILES string of the molecule is CCCN(Cc1cncn1C(C)C)CC1CCCNC1. The van der Waals surface area contributed by atoms with Gasteiger partial charge in [0.1, 0.15) is 0 Å². The molecule has 0 radical (unpaired) electrons. The Morgan fingerprint density at radius 1 is 1.50 bits per heavy atom. The van der Waals surface area contributed by atoms with Gasteiger partial charge in [-0.3, -0.25) is 4.90 Å². The average molecular weight is 278 g/mol. The molecule has 2 heterocycles. The molecule has 0 aromatic carbocycles. The van der Waals surface area contributed by atoms with Crippen molar-refractivity contribution in [3.05, 3.63) is 18.2 Å². The van der Waals surface area contributed by atoms with Crippen LogP contribution in [0.5, 0.6) is 0 Å². The second-order valence-corrected chi connectivity index (χ2v) is 6.33. The Kier molecular flexibility index (Phi) is 6.05. The number of hydrogen-bond donors (Lipinski definition) is 1. The summed E-state index contributed by atoms with van der Waals surface area (Å²) in [6.07, 6.45) is 7.91. The number of rotatable bonds is 7. The Labute approximate surface area is 123 Å². The van der Waals surface area contributed by atoms with Gasteiger partial charge in [0, 0.05) is 25.3 Å². The summed E-state index contributed by atoms with van der Waals surface area (Å²) < 4.78 is 2.29. The van der Waals surface area contributed by atoms with Crippen LogP contribution in [0.2, 0.25) is 0 Å². The summed E-state index contributed by atoms with van der Waals surface area (Å²) in [4.78, 5) is 6.93. The van der Waals surface area contributed by atoms with Crippen molar-refractivity contribution in [2.24, 2.45) is 5.92 Å². The first kappa shape index (κ1) is 15.5. The Balaban J connectivity index is 1.95. The highest BCUT2D eigenvalue weighted by Crippen LogP contribution is 2.16. The fourth-order valence-corrected chi connectivity index (χ4v) is 3.14. The standard InChI is InChI=1S/C16H30N4/c1-4-8-19(11-15-6-5-7-17-9-15)12-16-10-18-13-20(16)14(2)3/h10,13-15,17H,4-9,11-12H2,1-3H3. The van der Waals surface area contributed by atoms with Gasteiger partial charge in [0.25, 0.3) is 0 Å². The van der Waals surface area contributed by atoms with E-state index in [1.807, 2.05) is 12.5 Å². The zero-order valence-corrected chi connectivity index (χ0v) is 13.3. The molecule has 1 aromatic heterocycles. The molecule has 4 heteroatoms. The number of piperidine rings is 1. The first-order valence-electron chi connectivity index (χ1n) is 8.14. The van der Waals surface area contributed by atoms with Crippen LogP contribution in [0.4, 0.5) is 0 Å². The molecule has 0 bridgehead atoms. The molecule has 1 saturated heterocycles. The van der Waals surface area contributed by atoms with Gasteiger partial charge in [0.15, 0.2) is 0 Å². The molecule has 1 atom stereocenters. The van der Waals surface area contributed by atoms with Gasteiger partial charge in [-0.05, 0) is 58.7 Å². The number of hydrogen-bond acceptors (Lipinski definition) is 3. The summed E-state index contributed by atoms with van der Waals surface area (Å²) in [5, 5.41) is 3.53. The second kappa shape index (κ2) is 7.79. The van der Waals surface area contributed by atoms with Crippen molar-refractivity contribution in [1.82, 2.24) is 19.8 Å². The number of imidazole rings is 1. The van der Waals surface area contributed by atoms with E-state index in [2.05, 4.69) is 40.5 Å². The fraction of sp³-hybridized carbons (Fsp3) is 0.812. The summed E-state index contributed by atoms with van der Waals surface area (Å²) in [6, 6.07) is 0.493. The lowest BCUT2D eigenvalue weighted by atomic mass is 9.99. The molecule has 1 aromatic rings. The summed E-state index contributed by atoms with van der Waals surface area (Å²) in [7, 11) is 0. The van der Waals surface area contributed by atoms with Crippen LogP contribution in [0.1, 0.15) is 51.8 Å². The van der Waals surface area contributed by atoms with Crippen LogP contribution >= 0.6 is 0 Å². The van der Waals surface area contributed by atoms with Gasteiger partial charge in [0.05, 0.1) is 12.0 Å². The van der Waals surface area contributed by atoms with Crippen LogP contribution in [0.25, 0.3) is 0 Å². The van der Waals surface area contributed by atoms with E-state index in [1.165, 1.54) is 51.1 Å². The minimum atomic E-state index is 0.493. The molecular weight excluding hydrogens is 248 g/mol. The highest BCUT2D eigenvalue weighted by Gasteiger charge is 2.18. The minimum Gasteiger partial charge on any atom is -0.331 e. The van der Waals surface area contributed by atoms with E-state index in [9.17, 15) is 0 Å². The maximum absolute atomic E-state index is 4.33. The summed E-state index contributed by atoms with van der Waals surface area (Å²) in [5.74, 6) is 0.811. The Hall–Kier alpha value is -0.870. The summed E-state index contributed by atoms with van der Waals surface area (Å²) in [6.45, 7) is 12.5. The molecule has 1 N–H and O–H groups in total. The first-order valence-corrected chi connectivity index (χ1v) is 8.14. The van der Waals surface area contributed by atoms with E-state index in [0.29, 0.717) is 6.04 Å². The number of aromatic nitrogens is 2. The molecule has 1 unspecified atom stereocenters. The monoisotopic (exact) mass is 278 g/mol. The van der Waals surface area contributed by atoms with Crippen molar-refractivity contribution in [2.45, 2.75) is 52.6 Å². The predicted molar refractivity (Wildman–Crippen MR) is 83.8 cm³/mol. The van der Waals surface area contributed by atoms with E-state index >= 15 is 0 Å². The molecule has 0 spiro atoms.